The molecule has 6 nitrogen and oxygen atoms in total. The van der Waals surface area contributed by atoms with Crippen molar-refractivity contribution in [2.45, 2.75) is 39.2 Å². The molecule has 1 atom stereocenters. The Balaban J connectivity index is 1.18. The average molecular weight is 554 g/mol. The minimum atomic E-state index is 0.0583. The summed E-state index contributed by atoms with van der Waals surface area (Å²) >= 11 is 0. The largest absolute Gasteiger partial charge is 0.368 e. The number of hydrogen-bond acceptors (Lipinski definition) is 5. The topological polar surface area (TPSA) is 52.6 Å². The number of fused-ring (bicyclic) bond motifs is 4. The van der Waals surface area contributed by atoms with Crippen molar-refractivity contribution in [2.24, 2.45) is 0 Å². The number of anilines is 2. The van der Waals surface area contributed by atoms with E-state index in [2.05, 4.69) is 69.4 Å². The molecule has 3 aliphatic rings. The first-order chi connectivity index (χ1) is 20.5. The van der Waals surface area contributed by atoms with E-state index >= 15 is 0 Å². The van der Waals surface area contributed by atoms with Crippen molar-refractivity contribution in [3.05, 3.63) is 95.4 Å². The molecule has 5 heterocycles. The predicted molar refractivity (Wildman–Crippen MR) is 171 cm³/mol. The number of carbonyl (C=O) groups excluding carboxylic acids is 1. The van der Waals surface area contributed by atoms with Gasteiger partial charge in [-0.1, -0.05) is 30.3 Å². The molecule has 0 aliphatic carbocycles. The maximum Gasteiger partial charge on any atom is 0.258 e. The molecular weight excluding hydrogens is 518 g/mol. The summed E-state index contributed by atoms with van der Waals surface area (Å²) in [5, 5.41) is 3.22. The molecular formula is C36H35N5O. The Kier molecular flexibility index (Phi) is 6.00. The van der Waals surface area contributed by atoms with Gasteiger partial charge in [0.05, 0.1) is 5.52 Å². The first-order valence-electron chi connectivity index (χ1n) is 15.2. The van der Waals surface area contributed by atoms with Crippen molar-refractivity contribution in [3.63, 3.8) is 0 Å². The summed E-state index contributed by atoms with van der Waals surface area (Å²) < 4.78 is 0. The lowest BCUT2D eigenvalue weighted by molar-refractivity contribution is 0.0991. The zero-order chi connectivity index (χ0) is 28.4. The van der Waals surface area contributed by atoms with Crippen molar-refractivity contribution < 1.29 is 4.79 Å². The van der Waals surface area contributed by atoms with E-state index < -0.39 is 0 Å². The Bertz CT molecular complexity index is 1860. The molecule has 2 saturated heterocycles. The van der Waals surface area contributed by atoms with Crippen LogP contribution in [-0.4, -0.2) is 59.5 Å². The second-order valence-electron chi connectivity index (χ2n) is 12.2. The lowest BCUT2D eigenvalue weighted by Gasteiger charge is -2.39. The zero-order valence-electron chi connectivity index (χ0n) is 24.3. The minimum absolute atomic E-state index is 0.0583. The molecule has 1 amide bonds. The maximum atomic E-state index is 14.3. The fraction of sp³-hybridized carbons (Fsp3) is 0.306. The van der Waals surface area contributed by atoms with Gasteiger partial charge in [0.2, 0.25) is 0 Å². The second-order valence-corrected chi connectivity index (χ2v) is 12.2. The summed E-state index contributed by atoms with van der Waals surface area (Å²) in [5.74, 6) is 0.0583. The lowest BCUT2D eigenvalue weighted by atomic mass is 9.95. The highest BCUT2D eigenvalue weighted by atomic mass is 16.2. The number of carbonyl (C=O) groups is 1. The number of hydrogen-bond donors (Lipinski definition) is 0. The smallest absolute Gasteiger partial charge is 0.258 e. The van der Waals surface area contributed by atoms with Gasteiger partial charge in [0.25, 0.3) is 5.91 Å². The maximum absolute atomic E-state index is 14.3. The van der Waals surface area contributed by atoms with E-state index in [4.69, 9.17) is 4.98 Å². The van der Waals surface area contributed by atoms with Crippen LogP contribution in [-0.2, 0) is 6.42 Å². The molecule has 3 aromatic carbocycles. The van der Waals surface area contributed by atoms with Crippen molar-refractivity contribution in [1.82, 2.24) is 14.9 Å². The molecule has 2 fully saturated rings. The molecule has 42 heavy (non-hydrogen) atoms. The predicted octanol–water partition coefficient (Wildman–Crippen LogP) is 6.55. The van der Waals surface area contributed by atoms with E-state index in [0.717, 1.165) is 81.5 Å². The Morgan fingerprint density at radius 1 is 0.833 bits per heavy atom. The third-order valence-electron chi connectivity index (χ3n) is 9.53. The Hall–Kier alpha value is -4.29. The fourth-order valence-corrected chi connectivity index (χ4v) is 7.59. The second kappa shape index (κ2) is 9.92. The molecule has 0 radical (unpaired) electrons. The molecule has 2 aromatic heterocycles. The van der Waals surface area contributed by atoms with Gasteiger partial charge in [-0.2, -0.15) is 0 Å². The normalized spacial score (nSPS) is 18.6. The molecule has 0 unspecified atom stereocenters. The van der Waals surface area contributed by atoms with Gasteiger partial charge in [-0.15, -0.1) is 0 Å². The van der Waals surface area contributed by atoms with Crippen LogP contribution in [0.25, 0.3) is 32.8 Å². The molecule has 0 bridgehead atoms. The highest BCUT2D eigenvalue weighted by Crippen LogP contribution is 2.39. The zero-order valence-corrected chi connectivity index (χ0v) is 24.3. The van der Waals surface area contributed by atoms with Gasteiger partial charge in [-0.3, -0.25) is 19.7 Å². The number of benzene rings is 3. The van der Waals surface area contributed by atoms with Crippen LogP contribution in [0.1, 0.15) is 40.2 Å². The van der Waals surface area contributed by atoms with Crippen molar-refractivity contribution in [1.29, 1.82) is 0 Å². The van der Waals surface area contributed by atoms with Crippen LogP contribution >= 0.6 is 0 Å². The van der Waals surface area contributed by atoms with Gasteiger partial charge >= 0.3 is 0 Å². The van der Waals surface area contributed by atoms with E-state index in [-0.39, 0.29) is 5.91 Å². The third kappa shape index (κ3) is 4.16. The fourth-order valence-electron chi connectivity index (χ4n) is 7.59. The molecule has 0 spiro atoms. The standard InChI is InChI=1S/C36H35N5O/c1-23-18-26(19-24(2)38-23)28-7-3-9-30-29(28)8-4-10-31(30)36(42)41-15-12-25-20-33-32(21-35(25)41)34(11-13-37-33)40-17-16-39-14-5-6-27(39)22-40/h3-4,7-11,13,18-21,27H,5-6,12,14-17,22H2,1-2H3/t27-/m0/s1. The van der Waals surface area contributed by atoms with Gasteiger partial charge in [-0.25, -0.2) is 0 Å². The van der Waals surface area contributed by atoms with E-state index in [1.54, 1.807) is 0 Å². The summed E-state index contributed by atoms with van der Waals surface area (Å²) in [7, 11) is 0. The van der Waals surface area contributed by atoms with Crippen LogP contribution in [0.15, 0.2) is 72.9 Å². The molecule has 0 N–H and O–H groups in total. The quantitative estimate of drug-likeness (QED) is 0.254. The Labute approximate surface area is 246 Å². The van der Waals surface area contributed by atoms with Crippen LogP contribution < -0.4 is 9.80 Å². The van der Waals surface area contributed by atoms with Gasteiger partial charge in [0, 0.05) is 72.1 Å². The van der Waals surface area contributed by atoms with E-state index in [1.165, 1.54) is 30.6 Å². The van der Waals surface area contributed by atoms with Gasteiger partial charge in [0.15, 0.2) is 0 Å². The summed E-state index contributed by atoms with van der Waals surface area (Å²) in [5.41, 5.74) is 9.48. The molecule has 8 rings (SSSR count). The molecule has 6 heteroatoms. The highest BCUT2D eigenvalue weighted by Gasteiger charge is 2.32. The first kappa shape index (κ1) is 25.4. The molecule has 210 valence electrons. The van der Waals surface area contributed by atoms with Crippen molar-refractivity contribution in [3.8, 4) is 11.1 Å². The number of rotatable bonds is 3. The van der Waals surface area contributed by atoms with E-state index in [1.807, 2.05) is 37.1 Å². The number of aryl methyl sites for hydroxylation is 2. The number of pyridine rings is 2. The monoisotopic (exact) mass is 553 g/mol. The SMILES string of the molecule is Cc1cc(-c2cccc3c(C(=O)N4CCc5cc6nccc(N7CCN8CCC[C@H]8C7)c6cc54)cccc23)cc(C)n1. The average Bonchev–Trinajstić information content (AvgIpc) is 3.64. The van der Waals surface area contributed by atoms with Gasteiger partial charge in [0.1, 0.15) is 0 Å². The van der Waals surface area contributed by atoms with Crippen molar-refractivity contribution in [2.75, 3.05) is 42.5 Å². The number of nitrogens with zero attached hydrogens (tertiary/aromatic N) is 5. The van der Waals surface area contributed by atoms with Gasteiger partial charge in [-0.05, 0) is 104 Å². The van der Waals surface area contributed by atoms with Crippen LogP contribution in [0.3, 0.4) is 0 Å². The molecule has 5 aromatic rings. The van der Waals surface area contributed by atoms with Crippen LogP contribution in [0, 0.1) is 13.8 Å². The lowest BCUT2D eigenvalue weighted by Crippen LogP contribution is -2.50. The van der Waals surface area contributed by atoms with Crippen LogP contribution in [0.4, 0.5) is 11.4 Å². The molecule has 3 aliphatic heterocycles. The summed E-state index contributed by atoms with van der Waals surface area (Å²) in [6, 6.07) is 23.9. The van der Waals surface area contributed by atoms with Crippen molar-refractivity contribution >= 4 is 39.0 Å². The van der Waals surface area contributed by atoms with E-state index in [0.29, 0.717) is 12.6 Å². The Morgan fingerprint density at radius 3 is 2.55 bits per heavy atom. The summed E-state index contributed by atoms with van der Waals surface area (Å²) in [4.78, 5) is 30.8. The number of piperazine rings is 1. The van der Waals surface area contributed by atoms with Crippen LogP contribution in [0.2, 0.25) is 0 Å². The number of aromatic nitrogens is 2. The van der Waals surface area contributed by atoms with Crippen LogP contribution in [0.5, 0.6) is 0 Å². The first-order valence-corrected chi connectivity index (χ1v) is 15.2. The highest BCUT2D eigenvalue weighted by molar-refractivity contribution is 6.17. The Morgan fingerprint density at radius 2 is 1.67 bits per heavy atom. The van der Waals surface area contributed by atoms with Gasteiger partial charge < -0.3 is 9.80 Å². The third-order valence-corrected chi connectivity index (χ3v) is 9.53. The minimum Gasteiger partial charge on any atom is -0.368 e. The van der Waals surface area contributed by atoms with E-state index in [9.17, 15) is 4.79 Å². The summed E-state index contributed by atoms with van der Waals surface area (Å²) in [6.45, 7) is 9.18. The number of amides is 1. The summed E-state index contributed by atoms with van der Waals surface area (Å²) in [6.07, 6.45) is 5.37. The molecule has 0 saturated carbocycles.